The minimum Gasteiger partial charge on any atom is -0.455 e. The molecule has 0 atom stereocenters. The monoisotopic (exact) mass is 795 g/mol. The van der Waals surface area contributed by atoms with E-state index in [2.05, 4.69) is 229 Å². The molecule has 10 aromatic carbocycles. The highest BCUT2D eigenvalue weighted by Crippen LogP contribution is 2.50. The number of anilines is 3. The van der Waals surface area contributed by atoms with Gasteiger partial charge in [0.25, 0.3) is 0 Å². The molecule has 0 saturated carbocycles. The van der Waals surface area contributed by atoms with Gasteiger partial charge in [-0.15, -0.1) is 11.3 Å². The molecule has 0 aliphatic heterocycles. The average molecular weight is 796 g/mol. The SMILES string of the molecule is c1ccc(-c2ccc3c(c2)oc2c(-c4ccccc4)ccc(N(c4ccc5sc6cc(-c7ccccc7)ccc6c5c4)c4ccc(-c5ccccc5)c5ccccc45)c23)cc1. The van der Waals surface area contributed by atoms with E-state index in [1.54, 1.807) is 0 Å². The molecule has 0 fully saturated rings. The molecular formula is C58H37NOS. The van der Waals surface area contributed by atoms with Crippen LogP contribution in [0.25, 0.3) is 97.4 Å². The first-order valence-corrected chi connectivity index (χ1v) is 21.6. The van der Waals surface area contributed by atoms with Gasteiger partial charge in [-0.3, -0.25) is 0 Å². The van der Waals surface area contributed by atoms with Crippen molar-refractivity contribution in [3.8, 4) is 44.5 Å². The van der Waals surface area contributed by atoms with E-state index in [1.165, 1.54) is 53.2 Å². The van der Waals surface area contributed by atoms with Crippen molar-refractivity contribution < 1.29 is 4.42 Å². The molecule has 0 unspecified atom stereocenters. The van der Waals surface area contributed by atoms with Crippen LogP contribution in [0.15, 0.2) is 229 Å². The third kappa shape index (κ3) is 6.01. The lowest BCUT2D eigenvalue weighted by molar-refractivity contribution is 0.670. The highest BCUT2D eigenvalue weighted by molar-refractivity contribution is 7.25. The number of rotatable bonds is 7. The van der Waals surface area contributed by atoms with E-state index < -0.39 is 0 Å². The van der Waals surface area contributed by atoms with E-state index in [1.807, 2.05) is 11.3 Å². The Labute approximate surface area is 357 Å². The Morgan fingerprint density at radius 2 is 0.885 bits per heavy atom. The Morgan fingerprint density at radius 1 is 0.328 bits per heavy atom. The lowest BCUT2D eigenvalue weighted by atomic mass is 9.95. The summed E-state index contributed by atoms with van der Waals surface area (Å²) in [7, 11) is 0. The van der Waals surface area contributed by atoms with Crippen LogP contribution in [-0.2, 0) is 0 Å². The molecule has 0 saturated heterocycles. The highest BCUT2D eigenvalue weighted by atomic mass is 32.1. The molecule has 0 N–H and O–H groups in total. The average Bonchev–Trinajstić information content (AvgIpc) is 3.91. The second-order valence-corrected chi connectivity index (χ2v) is 16.7. The zero-order valence-corrected chi connectivity index (χ0v) is 33.9. The fourth-order valence-electron chi connectivity index (χ4n) is 9.17. The van der Waals surface area contributed by atoms with Gasteiger partial charge in [-0.25, -0.2) is 0 Å². The first-order valence-electron chi connectivity index (χ1n) is 20.7. The van der Waals surface area contributed by atoms with E-state index in [4.69, 9.17) is 4.42 Å². The van der Waals surface area contributed by atoms with Crippen LogP contribution in [0.5, 0.6) is 0 Å². The maximum Gasteiger partial charge on any atom is 0.145 e. The molecule has 0 radical (unpaired) electrons. The van der Waals surface area contributed by atoms with E-state index >= 15 is 0 Å². The van der Waals surface area contributed by atoms with Crippen LogP contribution in [-0.4, -0.2) is 0 Å². The van der Waals surface area contributed by atoms with Crippen molar-refractivity contribution in [1.29, 1.82) is 0 Å². The molecule has 0 spiro atoms. The van der Waals surface area contributed by atoms with E-state index in [9.17, 15) is 0 Å². The van der Waals surface area contributed by atoms with Crippen molar-refractivity contribution >= 4 is 81.3 Å². The number of furan rings is 1. The topological polar surface area (TPSA) is 16.4 Å². The molecule has 3 heteroatoms. The van der Waals surface area contributed by atoms with Gasteiger partial charge in [0, 0.05) is 42.2 Å². The maximum atomic E-state index is 7.07. The lowest BCUT2D eigenvalue weighted by Crippen LogP contribution is -2.11. The van der Waals surface area contributed by atoms with Crippen molar-refractivity contribution in [2.75, 3.05) is 4.90 Å². The minimum atomic E-state index is 0.860. The lowest BCUT2D eigenvalue weighted by Gasteiger charge is -2.28. The fourth-order valence-corrected chi connectivity index (χ4v) is 10.3. The zero-order valence-electron chi connectivity index (χ0n) is 33.1. The Bertz CT molecular complexity index is 3570. The van der Waals surface area contributed by atoms with Gasteiger partial charge in [-0.05, 0) is 98.9 Å². The van der Waals surface area contributed by atoms with Gasteiger partial charge in [-0.2, -0.15) is 0 Å². The van der Waals surface area contributed by atoms with Crippen LogP contribution in [0.1, 0.15) is 0 Å². The van der Waals surface area contributed by atoms with Gasteiger partial charge < -0.3 is 9.32 Å². The first kappa shape index (κ1) is 35.2. The van der Waals surface area contributed by atoms with E-state index in [0.29, 0.717) is 0 Å². The second kappa shape index (κ2) is 14.5. The van der Waals surface area contributed by atoms with Crippen LogP contribution >= 0.6 is 11.3 Å². The Kier molecular flexibility index (Phi) is 8.39. The molecular weight excluding hydrogens is 759 g/mol. The van der Waals surface area contributed by atoms with Gasteiger partial charge in [0.15, 0.2) is 0 Å². The van der Waals surface area contributed by atoms with Crippen molar-refractivity contribution in [3.05, 3.63) is 224 Å². The number of hydrogen-bond acceptors (Lipinski definition) is 3. The third-order valence-corrected chi connectivity index (χ3v) is 13.2. The molecule has 2 heterocycles. The molecule has 12 aromatic rings. The molecule has 12 rings (SSSR count). The summed E-state index contributed by atoms with van der Waals surface area (Å²) in [6.07, 6.45) is 0. The quantitative estimate of drug-likeness (QED) is 0.160. The van der Waals surface area contributed by atoms with Crippen LogP contribution in [0, 0.1) is 0 Å². The summed E-state index contributed by atoms with van der Waals surface area (Å²) >= 11 is 1.86. The van der Waals surface area contributed by atoms with Crippen LogP contribution in [0.4, 0.5) is 17.1 Å². The maximum absolute atomic E-state index is 7.07. The van der Waals surface area contributed by atoms with Crippen molar-refractivity contribution in [2.24, 2.45) is 0 Å². The number of fused-ring (bicyclic) bond motifs is 7. The summed E-state index contributed by atoms with van der Waals surface area (Å²) in [5, 5.41) is 7.04. The molecule has 61 heavy (non-hydrogen) atoms. The van der Waals surface area contributed by atoms with Crippen molar-refractivity contribution in [1.82, 2.24) is 0 Å². The predicted molar refractivity (Wildman–Crippen MR) is 261 cm³/mol. The molecule has 0 amide bonds. The summed E-state index contributed by atoms with van der Waals surface area (Å²) in [5.41, 5.74) is 14.3. The van der Waals surface area contributed by atoms with Gasteiger partial charge >= 0.3 is 0 Å². The van der Waals surface area contributed by atoms with Gasteiger partial charge in [0.05, 0.1) is 16.8 Å². The third-order valence-electron chi connectivity index (χ3n) is 12.1. The van der Waals surface area contributed by atoms with Gasteiger partial charge in [0.2, 0.25) is 0 Å². The zero-order chi connectivity index (χ0) is 40.3. The summed E-state index contributed by atoms with van der Waals surface area (Å²) < 4.78 is 9.61. The Hall–Kier alpha value is -7.72. The molecule has 0 aliphatic rings. The standard InChI is InChI=1S/C58H37NOS/c1-5-15-38(16-6-1)42-26-29-50-54(35-42)60-58-46(41-21-11-4-12-22-41)31-33-53(57(50)58)59(52-32-30-45(40-19-9-3-10-20-40)47-23-13-14-24-48(47)52)44-27-34-55-51(37-44)49-28-25-43(36-56(49)61-55)39-17-7-2-8-18-39/h1-37H. The van der Waals surface area contributed by atoms with E-state index in [-0.39, 0.29) is 0 Å². The predicted octanol–water partition coefficient (Wildman–Crippen LogP) is 17.2. The van der Waals surface area contributed by atoms with E-state index in [0.717, 1.165) is 61.3 Å². The molecule has 2 nitrogen and oxygen atoms in total. The highest BCUT2D eigenvalue weighted by Gasteiger charge is 2.25. The molecule has 2 aromatic heterocycles. The normalized spacial score (nSPS) is 11.6. The van der Waals surface area contributed by atoms with Crippen LogP contribution < -0.4 is 4.90 Å². The number of hydrogen-bond donors (Lipinski definition) is 0. The summed E-state index contributed by atoms with van der Waals surface area (Å²) in [5.74, 6) is 0. The fraction of sp³-hybridized carbons (Fsp3) is 0. The van der Waals surface area contributed by atoms with Crippen molar-refractivity contribution in [2.45, 2.75) is 0 Å². The molecule has 286 valence electrons. The largest absolute Gasteiger partial charge is 0.455 e. The number of thiophene rings is 1. The van der Waals surface area contributed by atoms with Crippen LogP contribution in [0.2, 0.25) is 0 Å². The molecule has 0 aliphatic carbocycles. The first-order chi connectivity index (χ1) is 30.2. The smallest absolute Gasteiger partial charge is 0.145 e. The van der Waals surface area contributed by atoms with Crippen LogP contribution in [0.3, 0.4) is 0 Å². The Morgan fingerprint density at radius 3 is 1.57 bits per heavy atom. The molecule has 0 bridgehead atoms. The Balaban J connectivity index is 1.14. The van der Waals surface area contributed by atoms with Gasteiger partial charge in [-0.1, -0.05) is 170 Å². The van der Waals surface area contributed by atoms with Gasteiger partial charge in [0.1, 0.15) is 11.2 Å². The number of nitrogens with zero attached hydrogens (tertiary/aromatic N) is 1. The summed E-state index contributed by atoms with van der Waals surface area (Å²) in [6.45, 7) is 0. The van der Waals surface area contributed by atoms with Crippen molar-refractivity contribution in [3.63, 3.8) is 0 Å². The summed E-state index contributed by atoms with van der Waals surface area (Å²) in [4.78, 5) is 2.47. The number of benzene rings is 10. The second-order valence-electron chi connectivity index (χ2n) is 15.6. The minimum absolute atomic E-state index is 0.860. The summed E-state index contributed by atoms with van der Waals surface area (Å²) in [6, 6.07) is 81.1.